The fourth-order valence-electron chi connectivity index (χ4n) is 2.00. The number of hydrogen-bond donors (Lipinski definition) is 1. The van der Waals surface area contributed by atoms with Crippen molar-refractivity contribution in [2.75, 3.05) is 7.11 Å². The van der Waals surface area contributed by atoms with Crippen LogP contribution in [0.15, 0.2) is 36.4 Å². The molecule has 2 rings (SSSR count). The first-order chi connectivity index (χ1) is 7.77. The van der Waals surface area contributed by atoms with E-state index in [0.29, 0.717) is 6.42 Å². The van der Waals surface area contributed by atoms with Crippen LogP contribution < -0.4 is 4.74 Å². The van der Waals surface area contributed by atoms with Crippen LogP contribution in [0.5, 0.6) is 5.75 Å². The number of benzene rings is 2. The molecule has 0 saturated heterocycles. The van der Waals surface area contributed by atoms with Crippen LogP contribution in [0.3, 0.4) is 0 Å². The summed E-state index contributed by atoms with van der Waals surface area (Å²) in [5.41, 5.74) is 0.892. The molecule has 1 N–H and O–H groups in total. The third kappa shape index (κ3) is 1.76. The summed E-state index contributed by atoms with van der Waals surface area (Å²) in [5, 5.41) is 12.3. The molecule has 2 nitrogen and oxygen atoms in total. The molecule has 16 heavy (non-hydrogen) atoms. The molecule has 0 heterocycles. The van der Waals surface area contributed by atoms with Crippen LogP contribution in [0.1, 0.15) is 25.0 Å². The number of methoxy groups -OCH3 is 1. The van der Waals surface area contributed by atoms with Gasteiger partial charge in [-0.25, -0.2) is 0 Å². The molecule has 2 aromatic carbocycles. The Morgan fingerprint density at radius 2 is 1.94 bits per heavy atom. The lowest BCUT2D eigenvalue weighted by Crippen LogP contribution is -2.00. The summed E-state index contributed by atoms with van der Waals surface area (Å²) in [6.07, 6.45) is 0.214. The number of aliphatic hydroxyl groups is 1. The highest BCUT2D eigenvalue weighted by Crippen LogP contribution is 2.34. The summed E-state index contributed by atoms with van der Waals surface area (Å²) in [4.78, 5) is 0. The standard InChI is InChI=1S/C14H16O2/c1-3-12(15)14-11-7-5-4-6-10(11)8-9-13(14)16-2/h4-9,12,15H,3H2,1-2H3/t12-/m0/s1. The number of hydrogen-bond acceptors (Lipinski definition) is 2. The lowest BCUT2D eigenvalue weighted by Gasteiger charge is -2.16. The maximum Gasteiger partial charge on any atom is 0.125 e. The van der Waals surface area contributed by atoms with Crippen LogP contribution in [-0.2, 0) is 0 Å². The fraction of sp³-hybridized carbons (Fsp3) is 0.286. The van der Waals surface area contributed by atoms with Gasteiger partial charge in [-0.3, -0.25) is 0 Å². The first-order valence-electron chi connectivity index (χ1n) is 5.51. The lowest BCUT2D eigenvalue weighted by atomic mass is 9.98. The van der Waals surface area contributed by atoms with Crippen molar-refractivity contribution in [3.8, 4) is 5.75 Å². The van der Waals surface area contributed by atoms with E-state index in [9.17, 15) is 5.11 Å². The highest BCUT2D eigenvalue weighted by molar-refractivity contribution is 5.88. The van der Waals surface area contributed by atoms with Crippen molar-refractivity contribution >= 4 is 10.8 Å². The van der Waals surface area contributed by atoms with Crippen LogP contribution in [0.25, 0.3) is 10.8 Å². The van der Waals surface area contributed by atoms with E-state index in [4.69, 9.17) is 4.74 Å². The van der Waals surface area contributed by atoms with E-state index in [1.54, 1.807) is 7.11 Å². The van der Waals surface area contributed by atoms with Gasteiger partial charge in [0.15, 0.2) is 0 Å². The molecule has 0 amide bonds. The van der Waals surface area contributed by atoms with E-state index in [1.165, 1.54) is 0 Å². The second kappa shape index (κ2) is 4.54. The third-order valence-corrected chi connectivity index (χ3v) is 2.87. The highest BCUT2D eigenvalue weighted by Gasteiger charge is 2.14. The summed E-state index contributed by atoms with van der Waals surface area (Å²) in [6, 6.07) is 12.0. The first-order valence-corrected chi connectivity index (χ1v) is 5.51. The molecule has 0 aliphatic rings. The zero-order valence-corrected chi connectivity index (χ0v) is 9.60. The molecule has 84 valence electrons. The molecule has 0 aliphatic heterocycles. The van der Waals surface area contributed by atoms with E-state index < -0.39 is 6.10 Å². The van der Waals surface area contributed by atoms with Gasteiger partial charge in [-0.1, -0.05) is 37.3 Å². The molecule has 0 unspecified atom stereocenters. The third-order valence-electron chi connectivity index (χ3n) is 2.87. The van der Waals surface area contributed by atoms with Crippen molar-refractivity contribution in [1.29, 1.82) is 0 Å². The minimum atomic E-state index is -0.471. The van der Waals surface area contributed by atoms with Gasteiger partial charge in [-0.15, -0.1) is 0 Å². The average molecular weight is 216 g/mol. The van der Waals surface area contributed by atoms with Gasteiger partial charge in [0.2, 0.25) is 0 Å². The first kappa shape index (κ1) is 11.0. The monoisotopic (exact) mass is 216 g/mol. The van der Waals surface area contributed by atoms with E-state index in [-0.39, 0.29) is 0 Å². The maximum atomic E-state index is 10.1. The van der Waals surface area contributed by atoms with Gasteiger partial charge in [0.25, 0.3) is 0 Å². The highest BCUT2D eigenvalue weighted by atomic mass is 16.5. The molecular formula is C14H16O2. The Bertz CT molecular complexity index is 491. The van der Waals surface area contributed by atoms with Crippen LogP contribution >= 0.6 is 0 Å². The minimum Gasteiger partial charge on any atom is -0.496 e. The molecule has 0 aliphatic carbocycles. The lowest BCUT2D eigenvalue weighted by molar-refractivity contribution is 0.171. The minimum absolute atomic E-state index is 0.471. The predicted octanol–water partition coefficient (Wildman–Crippen LogP) is 3.29. The quantitative estimate of drug-likeness (QED) is 0.853. The van der Waals surface area contributed by atoms with Crippen molar-refractivity contribution in [3.63, 3.8) is 0 Å². The smallest absolute Gasteiger partial charge is 0.125 e. The normalized spacial score (nSPS) is 12.7. The zero-order valence-electron chi connectivity index (χ0n) is 9.60. The Labute approximate surface area is 95.5 Å². The van der Waals surface area contributed by atoms with Gasteiger partial charge in [0, 0.05) is 5.56 Å². The Morgan fingerprint density at radius 1 is 1.19 bits per heavy atom. The van der Waals surface area contributed by atoms with E-state index in [0.717, 1.165) is 22.1 Å². The SMILES string of the molecule is CC[C@H](O)c1c(OC)ccc2ccccc12. The molecule has 2 heteroatoms. The van der Waals surface area contributed by atoms with Gasteiger partial charge in [0.05, 0.1) is 13.2 Å². The molecule has 0 fully saturated rings. The fourth-order valence-corrected chi connectivity index (χ4v) is 2.00. The van der Waals surface area contributed by atoms with Crippen molar-refractivity contribution in [3.05, 3.63) is 42.0 Å². The van der Waals surface area contributed by atoms with Crippen LogP contribution in [0.4, 0.5) is 0 Å². The average Bonchev–Trinajstić information content (AvgIpc) is 2.36. The van der Waals surface area contributed by atoms with Crippen molar-refractivity contribution in [2.24, 2.45) is 0 Å². The van der Waals surface area contributed by atoms with Gasteiger partial charge in [-0.05, 0) is 23.3 Å². The second-order valence-electron chi connectivity index (χ2n) is 3.83. The van der Waals surface area contributed by atoms with Crippen LogP contribution in [-0.4, -0.2) is 12.2 Å². The number of aliphatic hydroxyl groups excluding tert-OH is 1. The topological polar surface area (TPSA) is 29.5 Å². The largest absolute Gasteiger partial charge is 0.496 e. The zero-order chi connectivity index (χ0) is 11.5. The Balaban J connectivity index is 2.72. The molecule has 1 atom stereocenters. The molecule has 0 spiro atoms. The summed E-state index contributed by atoms with van der Waals surface area (Å²) in [6.45, 7) is 1.96. The van der Waals surface area contributed by atoms with Gasteiger partial charge < -0.3 is 9.84 Å². The van der Waals surface area contributed by atoms with Crippen LogP contribution in [0.2, 0.25) is 0 Å². The van der Waals surface area contributed by atoms with Gasteiger partial charge >= 0.3 is 0 Å². The predicted molar refractivity (Wildman–Crippen MR) is 65.8 cm³/mol. The number of rotatable bonds is 3. The summed E-state index contributed by atoms with van der Waals surface area (Å²) in [5.74, 6) is 0.757. The molecule has 0 saturated carbocycles. The van der Waals surface area contributed by atoms with Crippen molar-refractivity contribution < 1.29 is 9.84 Å². The molecular weight excluding hydrogens is 200 g/mol. The van der Waals surface area contributed by atoms with Crippen molar-refractivity contribution in [2.45, 2.75) is 19.4 Å². The molecule has 2 aromatic rings. The van der Waals surface area contributed by atoms with E-state index in [2.05, 4.69) is 0 Å². The maximum absolute atomic E-state index is 10.1. The summed E-state index contributed by atoms with van der Waals surface area (Å²) < 4.78 is 5.32. The summed E-state index contributed by atoms with van der Waals surface area (Å²) >= 11 is 0. The van der Waals surface area contributed by atoms with E-state index in [1.807, 2.05) is 43.3 Å². The van der Waals surface area contributed by atoms with Crippen LogP contribution in [0, 0.1) is 0 Å². The number of fused-ring (bicyclic) bond motifs is 1. The molecule has 0 aromatic heterocycles. The second-order valence-corrected chi connectivity index (χ2v) is 3.83. The van der Waals surface area contributed by atoms with Crippen molar-refractivity contribution in [1.82, 2.24) is 0 Å². The molecule has 0 bridgehead atoms. The Morgan fingerprint density at radius 3 is 2.62 bits per heavy atom. The molecule has 0 radical (unpaired) electrons. The van der Waals surface area contributed by atoms with Gasteiger partial charge in [-0.2, -0.15) is 0 Å². The Hall–Kier alpha value is -1.54. The summed E-state index contributed by atoms with van der Waals surface area (Å²) in [7, 11) is 1.63. The van der Waals surface area contributed by atoms with Gasteiger partial charge in [0.1, 0.15) is 5.75 Å². The Kier molecular flexibility index (Phi) is 3.11. The number of ether oxygens (including phenoxy) is 1. The van der Waals surface area contributed by atoms with E-state index >= 15 is 0 Å².